The van der Waals surface area contributed by atoms with Gasteiger partial charge in [-0.05, 0) is 36.9 Å². The van der Waals surface area contributed by atoms with Gasteiger partial charge in [-0.15, -0.1) is 11.3 Å². The quantitative estimate of drug-likeness (QED) is 0.643. The number of nitrogens with one attached hydrogen (secondary N) is 2. The highest BCUT2D eigenvalue weighted by Crippen LogP contribution is 2.12. The van der Waals surface area contributed by atoms with Crippen molar-refractivity contribution in [2.24, 2.45) is 5.10 Å². The van der Waals surface area contributed by atoms with Gasteiger partial charge < -0.3 is 0 Å². The lowest BCUT2D eigenvalue weighted by Crippen LogP contribution is -2.17. The molecule has 2 heterocycles. The van der Waals surface area contributed by atoms with Crippen LogP contribution in [0.25, 0.3) is 0 Å². The lowest BCUT2D eigenvalue weighted by molar-refractivity contribution is 0.0950. The molecule has 0 unspecified atom stereocenters. The molecule has 0 aromatic carbocycles. The molecule has 0 saturated carbocycles. The molecule has 2 aromatic heterocycles. The Kier molecular flexibility index (Phi) is 3.34. The van der Waals surface area contributed by atoms with Gasteiger partial charge in [0, 0.05) is 10.6 Å². The van der Waals surface area contributed by atoms with Crippen molar-refractivity contribution in [1.29, 1.82) is 0 Å². The molecule has 0 aliphatic rings. The second kappa shape index (κ2) is 4.92. The van der Waals surface area contributed by atoms with Crippen molar-refractivity contribution < 1.29 is 4.79 Å². The molecule has 17 heavy (non-hydrogen) atoms. The van der Waals surface area contributed by atoms with Gasteiger partial charge in [0.1, 0.15) is 0 Å². The predicted molar refractivity (Wildman–Crippen MR) is 67.4 cm³/mol. The monoisotopic (exact) mass is 248 g/mol. The number of amides is 1. The van der Waals surface area contributed by atoms with E-state index in [1.807, 2.05) is 25.3 Å². The summed E-state index contributed by atoms with van der Waals surface area (Å²) in [4.78, 5) is 12.6. The highest BCUT2D eigenvalue weighted by Gasteiger charge is 2.07. The van der Waals surface area contributed by atoms with Gasteiger partial charge in [0.2, 0.25) is 0 Å². The van der Waals surface area contributed by atoms with Crippen LogP contribution in [0.5, 0.6) is 0 Å². The van der Waals surface area contributed by atoms with Crippen LogP contribution in [0.3, 0.4) is 0 Å². The first-order chi connectivity index (χ1) is 8.16. The zero-order chi connectivity index (χ0) is 12.3. The molecule has 0 aliphatic carbocycles. The summed E-state index contributed by atoms with van der Waals surface area (Å²) in [6, 6.07) is 3.67. The van der Waals surface area contributed by atoms with Crippen LogP contribution in [0.15, 0.2) is 22.6 Å². The number of thiophene rings is 1. The molecule has 5 nitrogen and oxygen atoms in total. The van der Waals surface area contributed by atoms with Gasteiger partial charge >= 0.3 is 0 Å². The van der Waals surface area contributed by atoms with Gasteiger partial charge in [-0.2, -0.15) is 10.2 Å². The Balaban J connectivity index is 1.97. The highest BCUT2D eigenvalue weighted by molar-refractivity contribution is 7.11. The Morgan fingerprint density at radius 3 is 3.00 bits per heavy atom. The molecule has 88 valence electrons. The van der Waals surface area contributed by atoms with E-state index in [1.54, 1.807) is 23.6 Å². The second-order valence-electron chi connectivity index (χ2n) is 3.60. The van der Waals surface area contributed by atoms with Crippen LogP contribution >= 0.6 is 11.3 Å². The van der Waals surface area contributed by atoms with Crippen molar-refractivity contribution in [3.8, 4) is 0 Å². The second-order valence-corrected chi connectivity index (χ2v) is 4.55. The number of rotatable bonds is 3. The van der Waals surface area contributed by atoms with Crippen LogP contribution < -0.4 is 5.43 Å². The maximum absolute atomic E-state index is 11.6. The predicted octanol–water partition coefficient (Wildman–Crippen LogP) is 1.85. The molecule has 2 rings (SSSR count). The Morgan fingerprint density at radius 2 is 2.41 bits per heavy atom. The average molecular weight is 248 g/mol. The maximum atomic E-state index is 11.6. The fourth-order valence-electron chi connectivity index (χ4n) is 1.26. The van der Waals surface area contributed by atoms with Gasteiger partial charge in [0.25, 0.3) is 5.91 Å². The summed E-state index contributed by atoms with van der Waals surface area (Å²) in [5.74, 6) is -0.320. The number of H-pyrrole nitrogens is 1. The fourth-order valence-corrected chi connectivity index (χ4v) is 2.04. The number of aromatic amines is 1. The molecule has 2 aromatic rings. The van der Waals surface area contributed by atoms with Gasteiger partial charge in [-0.3, -0.25) is 9.89 Å². The van der Waals surface area contributed by atoms with Crippen LogP contribution in [0.4, 0.5) is 0 Å². The van der Waals surface area contributed by atoms with Crippen molar-refractivity contribution in [3.63, 3.8) is 0 Å². The van der Waals surface area contributed by atoms with Crippen LogP contribution in [-0.2, 0) is 0 Å². The third-order valence-corrected chi connectivity index (χ3v) is 3.14. The number of aromatic nitrogens is 2. The Labute approximate surface area is 103 Å². The molecular weight excluding hydrogens is 236 g/mol. The summed E-state index contributed by atoms with van der Waals surface area (Å²) in [6.45, 7) is 3.83. The number of nitrogens with zero attached hydrogens (tertiary/aromatic N) is 2. The Morgan fingerprint density at radius 1 is 1.59 bits per heavy atom. The molecule has 0 saturated heterocycles. The van der Waals surface area contributed by atoms with Crippen LogP contribution in [-0.4, -0.2) is 22.3 Å². The SMILES string of the molecule is Cc1cc(C(=O)N/N=C/c2sccc2C)n[nH]1. The van der Waals surface area contributed by atoms with E-state index in [1.165, 1.54) is 0 Å². The first-order valence-electron chi connectivity index (χ1n) is 5.06. The number of hydrogen-bond donors (Lipinski definition) is 2. The van der Waals surface area contributed by atoms with Gasteiger partial charge in [0.05, 0.1) is 6.21 Å². The minimum atomic E-state index is -0.320. The smallest absolute Gasteiger partial charge is 0.282 e. The molecule has 2 N–H and O–H groups in total. The number of hydrazone groups is 1. The lowest BCUT2D eigenvalue weighted by Gasteiger charge is -1.94. The summed E-state index contributed by atoms with van der Waals surface area (Å²) >= 11 is 1.58. The molecule has 0 atom stereocenters. The summed E-state index contributed by atoms with van der Waals surface area (Å²) in [5.41, 5.74) is 4.75. The number of hydrogen-bond acceptors (Lipinski definition) is 4. The molecule has 0 fully saturated rings. The summed E-state index contributed by atoms with van der Waals surface area (Å²) in [7, 11) is 0. The Hall–Kier alpha value is -1.95. The lowest BCUT2D eigenvalue weighted by atomic mass is 10.3. The van der Waals surface area contributed by atoms with Crippen LogP contribution in [0.1, 0.15) is 26.6 Å². The van der Waals surface area contributed by atoms with E-state index in [0.29, 0.717) is 5.69 Å². The van der Waals surface area contributed by atoms with E-state index in [4.69, 9.17) is 0 Å². The highest BCUT2D eigenvalue weighted by atomic mass is 32.1. The molecule has 1 amide bonds. The normalized spacial score (nSPS) is 10.9. The molecule has 0 bridgehead atoms. The minimum Gasteiger partial charge on any atom is -0.282 e. The van der Waals surface area contributed by atoms with E-state index in [-0.39, 0.29) is 5.91 Å². The molecule has 0 radical (unpaired) electrons. The van der Waals surface area contributed by atoms with E-state index in [0.717, 1.165) is 16.1 Å². The van der Waals surface area contributed by atoms with E-state index >= 15 is 0 Å². The Bertz CT molecular complexity index is 555. The third kappa shape index (κ3) is 2.79. The largest absolute Gasteiger partial charge is 0.291 e. The molecular formula is C11H12N4OS. The standard InChI is InChI=1S/C11H12N4OS/c1-7-3-4-17-10(7)6-12-15-11(16)9-5-8(2)13-14-9/h3-6H,1-2H3,(H,13,14)(H,15,16)/b12-6+. The topological polar surface area (TPSA) is 70.1 Å². The summed E-state index contributed by atoms with van der Waals surface area (Å²) < 4.78 is 0. The van der Waals surface area contributed by atoms with Crippen molar-refractivity contribution in [2.75, 3.05) is 0 Å². The maximum Gasteiger partial charge on any atom is 0.291 e. The van der Waals surface area contributed by atoms with E-state index in [9.17, 15) is 4.79 Å². The van der Waals surface area contributed by atoms with E-state index in [2.05, 4.69) is 20.7 Å². The van der Waals surface area contributed by atoms with E-state index < -0.39 is 0 Å². The number of aryl methyl sites for hydroxylation is 2. The van der Waals surface area contributed by atoms with Crippen molar-refractivity contribution in [1.82, 2.24) is 15.6 Å². The van der Waals surface area contributed by atoms with Crippen LogP contribution in [0.2, 0.25) is 0 Å². The van der Waals surface area contributed by atoms with Crippen molar-refractivity contribution >= 4 is 23.5 Å². The molecule has 0 aliphatic heterocycles. The summed E-state index contributed by atoms with van der Waals surface area (Å²) in [6.07, 6.45) is 1.64. The van der Waals surface area contributed by atoms with Gasteiger partial charge in [-0.1, -0.05) is 0 Å². The average Bonchev–Trinajstić information content (AvgIpc) is 2.88. The first-order valence-corrected chi connectivity index (χ1v) is 5.94. The van der Waals surface area contributed by atoms with Gasteiger partial charge in [0.15, 0.2) is 5.69 Å². The van der Waals surface area contributed by atoms with Crippen molar-refractivity contribution in [3.05, 3.63) is 39.3 Å². The molecule has 6 heteroatoms. The minimum absolute atomic E-state index is 0.320. The zero-order valence-electron chi connectivity index (χ0n) is 9.52. The first kappa shape index (κ1) is 11.5. The van der Waals surface area contributed by atoms with Crippen LogP contribution in [0, 0.1) is 13.8 Å². The number of carbonyl (C=O) groups is 1. The van der Waals surface area contributed by atoms with Gasteiger partial charge in [-0.25, -0.2) is 5.43 Å². The molecule has 0 spiro atoms. The van der Waals surface area contributed by atoms with Crippen molar-refractivity contribution in [2.45, 2.75) is 13.8 Å². The fraction of sp³-hybridized carbons (Fsp3) is 0.182. The zero-order valence-corrected chi connectivity index (χ0v) is 10.3. The summed E-state index contributed by atoms with van der Waals surface area (Å²) in [5, 5.41) is 12.4. The third-order valence-electron chi connectivity index (χ3n) is 2.19. The number of carbonyl (C=O) groups excluding carboxylic acids is 1.